The maximum Gasteiger partial charge on any atom is 0.335 e. The molecule has 0 saturated carbocycles. The van der Waals surface area contributed by atoms with Crippen LogP contribution in [-0.4, -0.2) is 80.6 Å². The van der Waals surface area contributed by atoms with Gasteiger partial charge in [0.15, 0.2) is 5.65 Å². The van der Waals surface area contributed by atoms with Gasteiger partial charge in [0.05, 0.1) is 27.2 Å². The van der Waals surface area contributed by atoms with Gasteiger partial charge in [-0.3, -0.25) is 4.57 Å². The van der Waals surface area contributed by atoms with E-state index < -0.39 is 10.0 Å². The molecule has 2 atom stereocenters. The number of sulfonamides is 1. The van der Waals surface area contributed by atoms with Crippen LogP contribution in [0, 0.1) is 0 Å². The second kappa shape index (κ2) is 9.47. The number of H-pyrrole nitrogens is 1. The summed E-state index contributed by atoms with van der Waals surface area (Å²) in [5.74, 6) is 0.558. The molecule has 11 nitrogen and oxygen atoms in total. The Morgan fingerprint density at radius 1 is 1.18 bits per heavy atom. The molecule has 0 spiro atoms. The summed E-state index contributed by atoms with van der Waals surface area (Å²) in [6, 6.07) is 5.26. The molecule has 4 aromatic rings. The second-order valence-corrected chi connectivity index (χ2v) is 12.7. The van der Waals surface area contributed by atoms with Gasteiger partial charge in [-0.05, 0) is 60.4 Å². The molecule has 2 aliphatic heterocycles. The number of aromatic amines is 1. The summed E-state index contributed by atoms with van der Waals surface area (Å²) in [5.41, 5.74) is 2.66. The minimum Gasteiger partial charge on any atom is -0.493 e. The highest BCUT2D eigenvalue weighted by molar-refractivity contribution is 9.10. The van der Waals surface area contributed by atoms with Crippen LogP contribution in [0.5, 0.6) is 5.75 Å². The van der Waals surface area contributed by atoms with E-state index in [2.05, 4.69) is 36.0 Å². The van der Waals surface area contributed by atoms with Gasteiger partial charge in [-0.15, -0.1) is 10.2 Å². The molecule has 0 amide bonds. The number of hydrogen-bond acceptors (Lipinski definition) is 7. The predicted molar refractivity (Wildman–Crippen MR) is 147 cm³/mol. The number of likely N-dealkylation sites (tertiary alicyclic amines) is 1. The lowest BCUT2D eigenvalue weighted by atomic mass is 10.1. The fourth-order valence-corrected chi connectivity index (χ4v) is 8.15. The van der Waals surface area contributed by atoms with Crippen molar-refractivity contribution in [2.75, 3.05) is 26.7 Å². The lowest BCUT2D eigenvalue weighted by molar-refractivity contribution is 0.216. The number of piperazine rings is 1. The van der Waals surface area contributed by atoms with E-state index in [1.165, 1.54) is 10.7 Å². The highest BCUT2D eigenvalue weighted by Crippen LogP contribution is 2.42. The molecule has 1 aromatic carbocycles. The molecule has 3 aromatic heterocycles. The van der Waals surface area contributed by atoms with Crippen LogP contribution in [0.4, 0.5) is 0 Å². The van der Waals surface area contributed by atoms with E-state index in [-0.39, 0.29) is 22.7 Å². The van der Waals surface area contributed by atoms with Crippen LogP contribution in [0.1, 0.15) is 33.1 Å². The van der Waals surface area contributed by atoms with E-state index in [0.29, 0.717) is 57.9 Å². The van der Waals surface area contributed by atoms with E-state index in [0.717, 1.165) is 25.8 Å². The summed E-state index contributed by atoms with van der Waals surface area (Å²) in [6.07, 6.45) is 3.81. The zero-order valence-electron chi connectivity index (χ0n) is 21.5. The van der Waals surface area contributed by atoms with Crippen molar-refractivity contribution in [2.45, 2.75) is 56.6 Å². The first-order valence-electron chi connectivity index (χ1n) is 12.9. The van der Waals surface area contributed by atoms with Crippen molar-refractivity contribution in [3.63, 3.8) is 0 Å². The van der Waals surface area contributed by atoms with Crippen LogP contribution >= 0.6 is 15.9 Å². The summed E-state index contributed by atoms with van der Waals surface area (Å²) >= 11 is 3.73. The fourth-order valence-electron chi connectivity index (χ4n) is 5.73. The average Bonchev–Trinajstić information content (AvgIpc) is 3.68. The minimum atomic E-state index is -3.71. The van der Waals surface area contributed by atoms with E-state index >= 15 is 0 Å². The number of aromatic nitrogens is 5. The van der Waals surface area contributed by atoms with Gasteiger partial charge in [-0.2, -0.15) is 4.31 Å². The molecule has 1 N–H and O–H groups in total. The lowest BCUT2D eigenvalue weighted by Crippen LogP contribution is -2.47. The molecule has 2 fully saturated rings. The van der Waals surface area contributed by atoms with Crippen LogP contribution < -0.4 is 10.4 Å². The van der Waals surface area contributed by atoms with Crippen LogP contribution in [-0.2, 0) is 16.6 Å². The highest BCUT2D eigenvalue weighted by Gasteiger charge is 2.47. The zero-order valence-corrected chi connectivity index (χ0v) is 23.9. The Bertz CT molecular complexity index is 1710. The smallest absolute Gasteiger partial charge is 0.335 e. The molecule has 0 unspecified atom stereocenters. The molecule has 38 heavy (non-hydrogen) atoms. The van der Waals surface area contributed by atoms with Crippen molar-refractivity contribution in [2.24, 2.45) is 0 Å². The molecule has 202 valence electrons. The summed E-state index contributed by atoms with van der Waals surface area (Å²) in [7, 11) is -1.67. The number of benzene rings is 1. The third-order valence-corrected chi connectivity index (χ3v) is 10.3. The molecule has 0 aliphatic carbocycles. The fraction of sp³-hybridized carbons (Fsp3) is 0.480. The van der Waals surface area contributed by atoms with Crippen LogP contribution in [0.2, 0.25) is 0 Å². The van der Waals surface area contributed by atoms with Gasteiger partial charge >= 0.3 is 5.69 Å². The number of hydrogen-bond donors (Lipinski definition) is 1. The number of halogens is 1. The summed E-state index contributed by atoms with van der Waals surface area (Å²) in [4.78, 5) is 19.1. The normalized spacial score (nSPS) is 20.3. The molecule has 13 heteroatoms. The molecule has 2 bridgehead atoms. The molecule has 0 radical (unpaired) electrons. The zero-order chi connectivity index (χ0) is 26.8. The topological polar surface area (TPSA) is 118 Å². The van der Waals surface area contributed by atoms with Crippen molar-refractivity contribution in [1.82, 2.24) is 33.4 Å². The third-order valence-electron chi connectivity index (χ3n) is 7.59. The van der Waals surface area contributed by atoms with Gasteiger partial charge in [-0.25, -0.2) is 17.6 Å². The summed E-state index contributed by atoms with van der Waals surface area (Å²) < 4.78 is 39.0. The Morgan fingerprint density at radius 2 is 2.00 bits per heavy atom. The number of nitrogens with one attached hydrogen (secondary N) is 1. The Kier molecular flexibility index (Phi) is 6.36. The molecule has 5 heterocycles. The minimum absolute atomic E-state index is 0.0148. The van der Waals surface area contributed by atoms with Gasteiger partial charge in [0.25, 0.3) is 0 Å². The van der Waals surface area contributed by atoms with Crippen molar-refractivity contribution < 1.29 is 13.2 Å². The Balaban J connectivity index is 1.54. The van der Waals surface area contributed by atoms with Gasteiger partial charge in [0, 0.05) is 37.3 Å². The van der Waals surface area contributed by atoms with Crippen LogP contribution in [0.3, 0.4) is 0 Å². The standard InChI is InChI=1S/C25H30BrN7O4S/c1-4-8-31-23-20(26)21(28-22(23)24-29-27-14-32(24)25(31)34)18-11-17(6-7-19(18)37-9-5-2)38(35,36)33-13-15-10-16(33)12-30(15)3/h6-7,11,14-16,28H,4-5,8-10,12-13H2,1-3H3/t15-,16-/m0/s1. The van der Waals surface area contributed by atoms with Gasteiger partial charge in [0.2, 0.25) is 10.0 Å². The Hall–Kier alpha value is -2.74. The Labute approximate surface area is 228 Å². The van der Waals surface area contributed by atoms with Gasteiger partial charge in [-0.1, -0.05) is 13.8 Å². The monoisotopic (exact) mass is 603 g/mol. The number of nitrogens with zero attached hydrogens (tertiary/aromatic N) is 6. The molecular formula is C25H30BrN7O4S. The average molecular weight is 605 g/mol. The first-order chi connectivity index (χ1) is 18.3. The SMILES string of the molecule is CCCOc1ccc(S(=O)(=O)N2C[C@@H]3C[C@H]2CN3C)cc1-c1[nH]c2c(c1Br)n(CCC)c(=O)n1cnnc21. The molecule has 2 aliphatic rings. The predicted octanol–water partition coefficient (Wildman–Crippen LogP) is 3.08. The van der Waals surface area contributed by atoms with Crippen molar-refractivity contribution in [3.05, 3.63) is 39.5 Å². The van der Waals surface area contributed by atoms with Crippen molar-refractivity contribution in [1.29, 1.82) is 0 Å². The van der Waals surface area contributed by atoms with Gasteiger partial charge < -0.3 is 14.6 Å². The lowest BCUT2D eigenvalue weighted by Gasteiger charge is -2.31. The highest BCUT2D eigenvalue weighted by atomic mass is 79.9. The van der Waals surface area contributed by atoms with Crippen LogP contribution in [0.15, 0.2) is 38.7 Å². The van der Waals surface area contributed by atoms with E-state index in [1.807, 2.05) is 20.9 Å². The molecular weight excluding hydrogens is 574 g/mol. The molecule has 2 saturated heterocycles. The Morgan fingerprint density at radius 3 is 2.68 bits per heavy atom. The maximum atomic E-state index is 13.8. The van der Waals surface area contributed by atoms with Crippen molar-refractivity contribution in [3.8, 4) is 17.0 Å². The number of likely N-dealkylation sites (N-methyl/N-ethyl adjacent to an activating group) is 1. The quantitative estimate of drug-likeness (QED) is 0.329. The van der Waals surface area contributed by atoms with E-state index in [1.54, 1.807) is 27.1 Å². The first-order valence-corrected chi connectivity index (χ1v) is 15.1. The first kappa shape index (κ1) is 25.5. The largest absolute Gasteiger partial charge is 0.493 e. The maximum absolute atomic E-state index is 13.8. The van der Waals surface area contributed by atoms with Crippen molar-refractivity contribution >= 4 is 42.6 Å². The van der Waals surface area contributed by atoms with E-state index in [4.69, 9.17) is 4.74 Å². The number of fused-ring (bicyclic) bond motifs is 5. The number of aryl methyl sites for hydroxylation is 1. The van der Waals surface area contributed by atoms with E-state index in [9.17, 15) is 13.2 Å². The number of ether oxygens (including phenoxy) is 1. The molecule has 6 rings (SSSR count). The number of rotatable bonds is 8. The summed E-state index contributed by atoms with van der Waals surface area (Å²) in [5, 5.41) is 8.12. The summed E-state index contributed by atoms with van der Waals surface area (Å²) in [6.45, 7) is 6.24. The van der Waals surface area contributed by atoms with Crippen LogP contribution in [0.25, 0.3) is 27.9 Å². The van der Waals surface area contributed by atoms with Gasteiger partial charge in [0.1, 0.15) is 17.6 Å². The second-order valence-electron chi connectivity index (χ2n) is 10.1. The third kappa shape index (κ3) is 3.81.